The van der Waals surface area contributed by atoms with E-state index in [4.69, 9.17) is 0 Å². The first-order valence-electron chi connectivity index (χ1n) is 8.52. The van der Waals surface area contributed by atoms with E-state index in [-0.39, 0.29) is 23.1 Å². The summed E-state index contributed by atoms with van der Waals surface area (Å²) in [5.41, 5.74) is 1.11. The van der Waals surface area contributed by atoms with Crippen molar-refractivity contribution in [3.63, 3.8) is 0 Å². The molecule has 3 atom stereocenters. The lowest BCUT2D eigenvalue weighted by Gasteiger charge is -2.44. The zero-order valence-electron chi connectivity index (χ0n) is 13.4. The lowest BCUT2D eigenvalue weighted by atomic mass is 9.67. The fourth-order valence-corrected chi connectivity index (χ4v) is 4.68. The lowest BCUT2D eigenvalue weighted by Crippen LogP contribution is -2.53. The van der Waals surface area contributed by atoms with Crippen molar-refractivity contribution in [3.05, 3.63) is 11.6 Å². The van der Waals surface area contributed by atoms with E-state index in [1.165, 1.54) is 24.8 Å². The topological polar surface area (TPSA) is 37.4 Å². The van der Waals surface area contributed by atoms with Gasteiger partial charge >= 0.3 is 0 Å². The number of Topliss-reactive ketones (excluding diaryl/α,β-unsaturated/α-hetero) is 1. The van der Waals surface area contributed by atoms with Crippen molar-refractivity contribution in [1.29, 1.82) is 0 Å². The first-order chi connectivity index (χ1) is 9.99. The van der Waals surface area contributed by atoms with Crippen LogP contribution in [0.2, 0.25) is 0 Å². The molecule has 0 aromatic carbocycles. The maximum Gasteiger partial charge on any atom is 0.232 e. The highest BCUT2D eigenvalue weighted by Gasteiger charge is 2.43. The number of hydrogen-bond acceptors (Lipinski definition) is 2. The van der Waals surface area contributed by atoms with E-state index in [1.807, 2.05) is 4.90 Å². The number of allylic oxidation sites excluding steroid dienone is 1. The second-order valence-corrected chi connectivity index (χ2v) is 7.51. The van der Waals surface area contributed by atoms with Crippen LogP contribution in [0.4, 0.5) is 0 Å². The molecular formula is C18H27NO2. The fraction of sp³-hybridized carbons (Fsp3) is 0.778. The molecular weight excluding hydrogens is 262 g/mol. The molecule has 3 nitrogen and oxygen atoms in total. The number of ketones is 1. The zero-order chi connectivity index (χ0) is 15.0. The predicted molar refractivity (Wildman–Crippen MR) is 82.8 cm³/mol. The summed E-state index contributed by atoms with van der Waals surface area (Å²) in [5.74, 6) is 1.02. The molecule has 2 fully saturated rings. The molecule has 3 rings (SSSR count). The lowest BCUT2D eigenvalue weighted by molar-refractivity contribution is -0.147. The van der Waals surface area contributed by atoms with Crippen LogP contribution in [-0.2, 0) is 9.59 Å². The van der Waals surface area contributed by atoms with Gasteiger partial charge < -0.3 is 4.90 Å². The van der Waals surface area contributed by atoms with Crippen molar-refractivity contribution in [2.24, 2.45) is 11.3 Å². The van der Waals surface area contributed by atoms with Gasteiger partial charge in [-0.15, -0.1) is 0 Å². The number of amides is 1. The van der Waals surface area contributed by atoms with Gasteiger partial charge in [0.15, 0.2) is 5.78 Å². The average molecular weight is 289 g/mol. The molecule has 1 amide bonds. The first kappa shape index (κ1) is 14.8. The van der Waals surface area contributed by atoms with Gasteiger partial charge in [-0.05, 0) is 71.1 Å². The molecule has 2 aliphatic carbocycles. The third-order valence-electron chi connectivity index (χ3n) is 5.62. The van der Waals surface area contributed by atoms with E-state index in [2.05, 4.69) is 13.0 Å². The third-order valence-corrected chi connectivity index (χ3v) is 5.62. The van der Waals surface area contributed by atoms with Crippen LogP contribution in [0.15, 0.2) is 11.6 Å². The van der Waals surface area contributed by atoms with Crippen molar-refractivity contribution in [2.45, 2.75) is 71.3 Å². The molecule has 116 valence electrons. The summed E-state index contributed by atoms with van der Waals surface area (Å²) in [4.78, 5) is 26.9. The van der Waals surface area contributed by atoms with Crippen molar-refractivity contribution in [1.82, 2.24) is 4.90 Å². The van der Waals surface area contributed by atoms with Gasteiger partial charge in [-0.2, -0.15) is 0 Å². The summed E-state index contributed by atoms with van der Waals surface area (Å²) in [6, 6.07) is -0.178. The van der Waals surface area contributed by atoms with Gasteiger partial charge in [0, 0.05) is 6.54 Å². The number of piperidine rings is 1. The van der Waals surface area contributed by atoms with Gasteiger partial charge in [-0.3, -0.25) is 9.59 Å². The van der Waals surface area contributed by atoms with Crippen molar-refractivity contribution < 1.29 is 9.59 Å². The number of likely N-dealkylation sites (tertiary alicyclic amines) is 1. The van der Waals surface area contributed by atoms with E-state index in [1.54, 1.807) is 6.92 Å². The van der Waals surface area contributed by atoms with Gasteiger partial charge in [-0.25, -0.2) is 0 Å². The zero-order valence-corrected chi connectivity index (χ0v) is 13.4. The average Bonchev–Trinajstić information content (AvgIpc) is 2.46. The van der Waals surface area contributed by atoms with Crippen LogP contribution >= 0.6 is 0 Å². The van der Waals surface area contributed by atoms with Crippen LogP contribution in [-0.4, -0.2) is 29.2 Å². The predicted octanol–water partition coefficient (Wildman–Crippen LogP) is 3.48. The Morgan fingerprint density at radius 2 is 2.05 bits per heavy atom. The second kappa shape index (κ2) is 5.58. The standard InChI is InChI=1S/C18H27NO2/c1-13(20)16-8-3-4-9-19(16)17(21)18(2)11-14-6-5-7-15(10-14)12-18/h11,15-16H,3-10,12H2,1-2H3. The van der Waals surface area contributed by atoms with Crippen LogP contribution in [0.3, 0.4) is 0 Å². The van der Waals surface area contributed by atoms with Crippen LogP contribution in [0, 0.1) is 11.3 Å². The largest absolute Gasteiger partial charge is 0.332 e. The maximum absolute atomic E-state index is 13.2. The van der Waals surface area contributed by atoms with Gasteiger partial charge in [0.05, 0.1) is 11.5 Å². The minimum Gasteiger partial charge on any atom is -0.332 e. The van der Waals surface area contributed by atoms with E-state index in [0.717, 1.165) is 38.6 Å². The fourth-order valence-electron chi connectivity index (χ4n) is 4.68. The van der Waals surface area contributed by atoms with Gasteiger partial charge in [0.1, 0.15) is 0 Å². The summed E-state index contributed by atoms with van der Waals surface area (Å²) >= 11 is 0. The first-order valence-corrected chi connectivity index (χ1v) is 8.52. The number of nitrogens with zero attached hydrogens (tertiary/aromatic N) is 1. The van der Waals surface area contributed by atoms with Crippen LogP contribution < -0.4 is 0 Å². The molecule has 3 heteroatoms. The van der Waals surface area contributed by atoms with E-state index in [9.17, 15) is 9.59 Å². The number of carbonyl (C=O) groups is 2. The van der Waals surface area contributed by atoms with Crippen LogP contribution in [0.5, 0.6) is 0 Å². The molecule has 1 heterocycles. The van der Waals surface area contributed by atoms with Crippen LogP contribution in [0.1, 0.15) is 65.2 Å². The number of fused-ring (bicyclic) bond motifs is 2. The number of rotatable bonds is 2. The van der Waals surface area contributed by atoms with Crippen molar-refractivity contribution in [3.8, 4) is 0 Å². The second-order valence-electron chi connectivity index (χ2n) is 7.51. The molecule has 1 aliphatic heterocycles. The molecule has 0 spiro atoms. The summed E-state index contributed by atoms with van der Waals surface area (Å²) in [6.45, 7) is 4.48. The molecule has 0 aromatic heterocycles. The number of hydrogen-bond donors (Lipinski definition) is 0. The molecule has 0 aromatic rings. The van der Waals surface area contributed by atoms with Gasteiger partial charge in [0.2, 0.25) is 5.91 Å². The molecule has 21 heavy (non-hydrogen) atoms. The SMILES string of the molecule is CC(=O)C1CCCCN1C(=O)C1(C)C=C2CCCC(C2)C1. The highest BCUT2D eigenvalue weighted by atomic mass is 16.2. The van der Waals surface area contributed by atoms with E-state index < -0.39 is 0 Å². The molecule has 1 saturated heterocycles. The summed E-state index contributed by atoms with van der Waals surface area (Å²) < 4.78 is 0. The number of carbonyl (C=O) groups excluding carboxylic acids is 2. The molecule has 1 saturated carbocycles. The highest BCUT2D eigenvalue weighted by Crippen LogP contribution is 2.45. The molecule has 3 unspecified atom stereocenters. The van der Waals surface area contributed by atoms with E-state index >= 15 is 0 Å². The maximum atomic E-state index is 13.2. The summed E-state index contributed by atoms with van der Waals surface area (Å²) in [7, 11) is 0. The Labute approximate surface area is 127 Å². The Hall–Kier alpha value is -1.12. The normalized spacial score (nSPS) is 36.1. The molecule has 0 N–H and O–H groups in total. The Kier molecular flexibility index (Phi) is 3.94. The van der Waals surface area contributed by atoms with Gasteiger partial charge in [0.25, 0.3) is 0 Å². The van der Waals surface area contributed by atoms with Gasteiger partial charge in [-0.1, -0.05) is 11.6 Å². The molecule has 0 radical (unpaired) electrons. The summed E-state index contributed by atoms with van der Waals surface area (Å²) in [5, 5.41) is 0. The Balaban J connectivity index is 1.84. The van der Waals surface area contributed by atoms with Crippen LogP contribution in [0.25, 0.3) is 0 Å². The molecule has 3 aliphatic rings. The summed E-state index contributed by atoms with van der Waals surface area (Å²) in [6.07, 6.45) is 11.1. The Morgan fingerprint density at radius 1 is 1.24 bits per heavy atom. The monoisotopic (exact) mass is 289 g/mol. The Bertz CT molecular complexity index is 482. The quantitative estimate of drug-likeness (QED) is 0.730. The minimum atomic E-state index is -0.371. The molecule has 2 bridgehead atoms. The van der Waals surface area contributed by atoms with Crippen molar-refractivity contribution in [2.75, 3.05) is 6.54 Å². The van der Waals surface area contributed by atoms with Crippen molar-refractivity contribution >= 4 is 11.7 Å². The highest BCUT2D eigenvalue weighted by molar-refractivity contribution is 5.91. The van der Waals surface area contributed by atoms with E-state index in [0.29, 0.717) is 5.92 Å². The third kappa shape index (κ3) is 2.79. The minimum absolute atomic E-state index is 0.148. The Morgan fingerprint density at radius 3 is 2.76 bits per heavy atom. The smallest absolute Gasteiger partial charge is 0.232 e.